The summed E-state index contributed by atoms with van der Waals surface area (Å²) < 4.78 is 58.7. The number of carbonyl (C=O) groups is 4. The number of carbonyl (C=O) groups excluding carboxylic acids is 4. The molecule has 0 atom stereocenters. The van der Waals surface area contributed by atoms with E-state index in [1.165, 1.54) is 24.8 Å². The maximum Gasteiger partial charge on any atom is 0.257 e. The molecule has 2 N–H and O–H groups in total. The van der Waals surface area contributed by atoms with Gasteiger partial charge in [0.05, 0.1) is 73.4 Å². The highest BCUT2D eigenvalue weighted by Crippen LogP contribution is 2.54. The van der Waals surface area contributed by atoms with Gasteiger partial charge in [-0.2, -0.15) is 20.6 Å². The summed E-state index contributed by atoms with van der Waals surface area (Å²) in [6.45, 7) is 14.4. The number of likely N-dealkylation sites (tertiary alicyclic amines) is 4. The number of para-hydroxylation sites is 6. The zero-order valence-corrected chi connectivity index (χ0v) is 70.8. The Bertz CT molecular complexity index is 5990. The zero-order chi connectivity index (χ0) is 86.0. The second-order valence-corrected chi connectivity index (χ2v) is 33.7. The number of methoxy groups -OCH3 is 2. The van der Waals surface area contributed by atoms with Gasteiger partial charge in [0.2, 0.25) is 0 Å². The van der Waals surface area contributed by atoms with Crippen molar-refractivity contribution in [2.75, 3.05) is 73.2 Å². The zero-order valence-electron chi connectivity index (χ0n) is 70.8. The van der Waals surface area contributed by atoms with Crippen LogP contribution in [0, 0.1) is 37.9 Å². The summed E-state index contributed by atoms with van der Waals surface area (Å²) >= 11 is 0. The Balaban J connectivity index is 0.000000128. The summed E-state index contributed by atoms with van der Waals surface area (Å²) in [5, 5.41) is 42.7. The molecule has 8 aromatic carbocycles. The van der Waals surface area contributed by atoms with Crippen LogP contribution in [0.15, 0.2) is 201 Å². The van der Waals surface area contributed by atoms with Gasteiger partial charge in [0.25, 0.3) is 23.6 Å². The average molecular weight is 1660 g/mol. The van der Waals surface area contributed by atoms with Gasteiger partial charge in [0, 0.05) is 189 Å². The molecule has 0 bridgehead atoms. The van der Waals surface area contributed by atoms with Crippen molar-refractivity contribution in [2.24, 2.45) is 21.1 Å². The Kier molecular flexibility index (Phi) is 21.6. The molecule has 4 aromatic heterocycles. The molecular weight excluding hydrogens is 1560 g/mol. The summed E-state index contributed by atoms with van der Waals surface area (Å²) in [5.74, 6) is 3.41. The second-order valence-electron chi connectivity index (χ2n) is 33.7. The Hall–Kier alpha value is -13.5. The van der Waals surface area contributed by atoms with Gasteiger partial charge in [-0.3, -0.25) is 37.8 Å². The third-order valence-electron chi connectivity index (χ3n) is 26.1. The Morgan fingerprint density at radius 3 is 1.33 bits per heavy atom. The van der Waals surface area contributed by atoms with Gasteiger partial charge in [-0.1, -0.05) is 80.6 Å². The molecule has 0 aliphatic carbocycles. The normalized spacial score (nSPS) is 16.6. The molecule has 12 aromatic rings. The molecule has 12 heterocycles. The molecule has 20 rings (SSSR count). The molecule has 4 saturated heterocycles. The van der Waals surface area contributed by atoms with Crippen LogP contribution in [0.3, 0.4) is 0 Å². The lowest BCUT2D eigenvalue weighted by Crippen LogP contribution is -2.50. The lowest BCUT2D eigenvalue weighted by molar-refractivity contribution is -0.00947. The number of ether oxygens (including phenoxy) is 6. The third-order valence-corrected chi connectivity index (χ3v) is 26.1. The number of halogens is 1. The monoisotopic (exact) mass is 1660 g/mol. The Labute approximate surface area is 716 Å². The van der Waals surface area contributed by atoms with Crippen LogP contribution < -0.4 is 28.4 Å². The van der Waals surface area contributed by atoms with Crippen molar-refractivity contribution >= 4 is 23.6 Å². The number of aryl methyl sites for hydroxylation is 6. The lowest BCUT2D eigenvalue weighted by Gasteiger charge is -2.45. The van der Waals surface area contributed by atoms with E-state index in [1.54, 1.807) is 55.3 Å². The van der Waals surface area contributed by atoms with E-state index in [4.69, 9.17) is 28.4 Å². The van der Waals surface area contributed by atoms with Crippen LogP contribution >= 0.6 is 0 Å². The fourth-order valence-electron chi connectivity index (χ4n) is 18.9. The summed E-state index contributed by atoms with van der Waals surface area (Å²) in [7, 11) is 8.82. The van der Waals surface area contributed by atoms with Gasteiger partial charge in [-0.25, -0.2) is 4.39 Å². The van der Waals surface area contributed by atoms with Crippen LogP contribution in [-0.2, 0) is 49.0 Å². The smallest absolute Gasteiger partial charge is 0.257 e. The highest BCUT2D eigenvalue weighted by Gasteiger charge is 2.51. The summed E-state index contributed by atoms with van der Waals surface area (Å²) in [6.07, 6.45) is 11.2. The average Bonchev–Trinajstić information content (AvgIpc) is 1.67. The topological polar surface area (TPSA) is 259 Å². The van der Waals surface area contributed by atoms with Gasteiger partial charge < -0.3 is 58.2 Å². The highest BCUT2D eigenvalue weighted by molar-refractivity contribution is 5.98. The van der Waals surface area contributed by atoms with Crippen molar-refractivity contribution in [1.82, 2.24) is 53.5 Å². The Morgan fingerprint density at radius 2 is 0.886 bits per heavy atom. The van der Waals surface area contributed by atoms with E-state index in [-0.39, 0.29) is 50.2 Å². The van der Waals surface area contributed by atoms with Crippen molar-refractivity contribution in [1.29, 1.82) is 5.26 Å². The molecule has 4 spiro atoms. The van der Waals surface area contributed by atoms with E-state index in [0.717, 1.165) is 114 Å². The summed E-state index contributed by atoms with van der Waals surface area (Å²) in [6, 6.07) is 58.8. The number of piperidine rings is 4. The van der Waals surface area contributed by atoms with Gasteiger partial charge in [-0.15, -0.1) is 0 Å². The first kappa shape index (κ1) is 81.9. The number of aliphatic hydroxyl groups excluding tert-OH is 1. The molecule has 24 nitrogen and oxygen atoms in total. The fraction of sp³-hybridized carbons (Fsp3) is 0.327. The van der Waals surface area contributed by atoms with Crippen LogP contribution in [0.5, 0.6) is 40.2 Å². The number of aromatic hydroxyl groups is 1. The summed E-state index contributed by atoms with van der Waals surface area (Å²) in [4.78, 5) is 59.9. The first-order valence-electron chi connectivity index (χ1n) is 41.8. The number of benzene rings is 8. The van der Waals surface area contributed by atoms with Crippen molar-refractivity contribution < 1.29 is 65.1 Å². The van der Waals surface area contributed by atoms with Gasteiger partial charge in [0.15, 0.2) is 17.2 Å². The van der Waals surface area contributed by atoms with Crippen LogP contribution in [0.25, 0.3) is 39.5 Å². The number of hydrogen-bond donors (Lipinski definition) is 2. The molecule has 123 heavy (non-hydrogen) atoms. The maximum atomic E-state index is 14.0. The number of nitrogens with zero attached hydrogens (tertiary/aromatic N) is 12. The van der Waals surface area contributed by atoms with E-state index in [1.807, 2.05) is 208 Å². The number of phenolic OH excluding ortho intramolecular Hbond substituents is 1. The highest BCUT2D eigenvalue weighted by atomic mass is 19.1. The van der Waals surface area contributed by atoms with Crippen molar-refractivity contribution in [3.63, 3.8) is 0 Å². The number of amides is 4. The molecular formula is C98H103FN12O12. The minimum Gasteiger partial charge on any atom is -0.508 e. The molecule has 634 valence electrons. The summed E-state index contributed by atoms with van der Waals surface area (Å²) in [5.41, 5.74) is 15.8. The molecule has 4 amide bonds. The Morgan fingerprint density at radius 1 is 0.480 bits per heavy atom. The second kappa shape index (κ2) is 32.5. The van der Waals surface area contributed by atoms with Crippen molar-refractivity contribution in [3.8, 4) is 85.8 Å². The standard InChI is InChI=1S/C28H29N3O4.C24H25N3O2.C23H22FN3O3.C23H23N3O3.2H2/c1-27(2,18-32)21-10-8-19(16-24(21)34-3)26(33)30-14-12-28(13-15-30)25-11-9-20(17-29)31(25)22-6-4-5-7-23(22)35-28;1-16-8-9-18(14-17(16)2)23(28)27-12-10-24(11-13-27)20-15-25-26(3)22(20)19-6-4-5-7-21(19)29-24;1-26-20-15-6-3-4-9-19(15)30-23(17(20)14-25-26)10-12-27(13-11-23)22(28)16-7-5-8-18(24)21(16)29-2;1-15-13-16(7-8-19(15)27)22(28)26-11-9-23(10-12-26)18-14-24-25(2)21(18)17-5-3-4-6-20(17)29-23;;/h4-11,16,32H,12-15,18H2,1-3H3;4-9,14-15H,10-13H2,1-3H3;3-9,14H,10-13H2,1-2H3;3-8,13-14,27H,9-12H2,1-2H3;2*1H. The number of aromatic nitrogens is 7. The fourth-order valence-corrected chi connectivity index (χ4v) is 18.9. The molecule has 8 aliphatic heterocycles. The van der Waals surface area contributed by atoms with E-state index >= 15 is 0 Å². The van der Waals surface area contributed by atoms with Crippen molar-refractivity contribution in [3.05, 3.63) is 279 Å². The quantitative estimate of drug-likeness (QED) is 0.143. The predicted molar refractivity (Wildman–Crippen MR) is 465 cm³/mol. The number of phenols is 1. The van der Waals surface area contributed by atoms with Crippen molar-refractivity contribution in [2.45, 2.75) is 114 Å². The maximum absolute atomic E-state index is 14.0. The first-order chi connectivity index (χ1) is 59.3. The molecule has 4 fully saturated rings. The molecule has 0 radical (unpaired) electrons. The van der Waals surface area contributed by atoms with E-state index in [2.05, 4.69) is 47.3 Å². The van der Waals surface area contributed by atoms with Crippen LogP contribution in [0.1, 0.15) is 160 Å². The van der Waals surface area contributed by atoms with E-state index in [0.29, 0.717) is 119 Å². The minimum absolute atomic E-state index is 0. The van der Waals surface area contributed by atoms with E-state index in [9.17, 15) is 39.0 Å². The van der Waals surface area contributed by atoms with Crippen LogP contribution in [0.2, 0.25) is 0 Å². The third kappa shape index (κ3) is 14.6. The SMILES string of the molecule is COc1c(F)cccc1C(=O)N1CCC2(CC1)Oc1ccccc1-c1c2cnn1C.COc1cc(C(=O)N2CCC3(CC2)Oc2ccccc2-n2c(C#N)ccc23)ccc1C(C)(C)CO.Cc1cc(C(=O)N2CCC3(CC2)Oc2ccccc2-c2c3cnn2C)ccc1O.Cc1ccc(C(=O)N2CCC3(CC2)Oc2ccccc2-c2c3cnn2C)cc1C.[HH].[HH]. The lowest BCUT2D eigenvalue weighted by atomic mass is 9.81. The number of nitriles is 1. The van der Waals surface area contributed by atoms with E-state index < -0.39 is 33.6 Å². The van der Waals surface area contributed by atoms with Crippen LogP contribution in [0.4, 0.5) is 4.39 Å². The predicted octanol–water partition coefficient (Wildman–Crippen LogP) is 16.3. The van der Waals surface area contributed by atoms with Gasteiger partial charge in [-0.05, 0) is 153 Å². The van der Waals surface area contributed by atoms with Crippen LogP contribution in [-0.4, -0.2) is 161 Å². The number of fused-ring (bicyclic) bond motifs is 16. The minimum atomic E-state index is -0.590. The number of rotatable bonds is 8. The van der Waals surface area contributed by atoms with Gasteiger partial charge in [0.1, 0.15) is 63.1 Å². The van der Waals surface area contributed by atoms with Gasteiger partial charge >= 0.3 is 0 Å². The molecule has 0 saturated carbocycles. The molecule has 25 heteroatoms. The largest absolute Gasteiger partial charge is 0.508 e. The molecule has 8 aliphatic rings. The molecule has 0 unspecified atom stereocenters. The number of hydrogen-bond acceptors (Lipinski definition) is 16. The number of aliphatic hydroxyl groups is 1. The first-order valence-corrected chi connectivity index (χ1v) is 41.8.